The Hall–Kier alpha value is -0.690. The fraction of sp³-hybridized carbons (Fsp3) is 0.600. The lowest BCUT2D eigenvalue weighted by atomic mass is 10.0. The summed E-state index contributed by atoms with van der Waals surface area (Å²) in [6.07, 6.45) is 1.20. The zero-order chi connectivity index (χ0) is 13.0. The summed E-state index contributed by atoms with van der Waals surface area (Å²) in [5.74, 6) is 1.30. The molecule has 0 aliphatic carbocycles. The Bertz CT molecular complexity index is 360. The molecule has 0 radical (unpaired) electrons. The van der Waals surface area contributed by atoms with E-state index in [0.29, 0.717) is 11.9 Å². The van der Waals surface area contributed by atoms with Gasteiger partial charge in [-0.05, 0) is 37.8 Å². The third-order valence-corrected chi connectivity index (χ3v) is 3.52. The maximum atomic E-state index is 6.03. The smallest absolute Gasteiger partial charge is 0.0494 e. The summed E-state index contributed by atoms with van der Waals surface area (Å²) >= 11 is 6.03. The van der Waals surface area contributed by atoms with Gasteiger partial charge < -0.3 is 4.90 Å². The molecule has 1 aromatic carbocycles. The molecule has 96 valence electrons. The summed E-state index contributed by atoms with van der Waals surface area (Å²) in [7, 11) is 2.16. The number of rotatable bonds is 5. The third-order valence-electron chi connectivity index (χ3n) is 3.23. The second-order valence-electron chi connectivity index (χ2n) is 5.36. The summed E-state index contributed by atoms with van der Waals surface area (Å²) in [5, 5.41) is 0. The van der Waals surface area contributed by atoms with Crippen LogP contribution in [-0.2, 0) is 5.88 Å². The number of hydrogen-bond acceptors (Lipinski definition) is 1. The molecular formula is C15H24ClN. The SMILES string of the molecule is Cc1ccc(N(C)C(C)CC(C)C)c(CCl)c1. The van der Waals surface area contributed by atoms with E-state index < -0.39 is 0 Å². The molecule has 0 saturated heterocycles. The molecule has 1 unspecified atom stereocenters. The minimum atomic E-state index is 0.541. The van der Waals surface area contributed by atoms with Gasteiger partial charge in [-0.1, -0.05) is 31.5 Å². The lowest BCUT2D eigenvalue weighted by Crippen LogP contribution is -2.30. The molecular weight excluding hydrogens is 230 g/mol. The lowest BCUT2D eigenvalue weighted by Gasteiger charge is -2.30. The summed E-state index contributed by atoms with van der Waals surface area (Å²) in [6.45, 7) is 8.92. The third kappa shape index (κ3) is 3.92. The van der Waals surface area contributed by atoms with Crippen LogP contribution < -0.4 is 4.90 Å². The van der Waals surface area contributed by atoms with Crippen molar-refractivity contribution < 1.29 is 0 Å². The molecule has 0 amide bonds. The van der Waals surface area contributed by atoms with Crippen LogP contribution in [0.1, 0.15) is 38.3 Å². The van der Waals surface area contributed by atoms with Crippen molar-refractivity contribution in [1.82, 2.24) is 0 Å². The van der Waals surface area contributed by atoms with Gasteiger partial charge in [-0.25, -0.2) is 0 Å². The topological polar surface area (TPSA) is 3.24 Å². The molecule has 0 spiro atoms. The van der Waals surface area contributed by atoms with E-state index >= 15 is 0 Å². The summed E-state index contributed by atoms with van der Waals surface area (Å²) < 4.78 is 0. The molecule has 1 rings (SSSR count). The quantitative estimate of drug-likeness (QED) is 0.693. The Morgan fingerprint density at radius 1 is 1.24 bits per heavy atom. The Morgan fingerprint density at radius 2 is 1.88 bits per heavy atom. The van der Waals surface area contributed by atoms with Gasteiger partial charge in [0.05, 0.1) is 0 Å². The molecule has 0 aromatic heterocycles. The van der Waals surface area contributed by atoms with Crippen molar-refractivity contribution in [3.05, 3.63) is 29.3 Å². The van der Waals surface area contributed by atoms with Crippen molar-refractivity contribution in [2.75, 3.05) is 11.9 Å². The molecule has 17 heavy (non-hydrogen) atoms. The highest BCUT2D eigenvalue weighted by molar-refractivity contribution is 6.17. The standard InChI is InChI=1S/C15H24ClN/c1-11(2)8-13(4)17(5)15-7-6-12(3)9-14(15)10-16/h6-7,9,11,13H,8,10H2,1-5H3. The van der Waals surface area contributed by atoms with E-state index in [9.17, 15) is 0 Å². The normalized spacial score (nSPS) is 12.9. The number of nitrogens with zero attached hydrogens (tertiary/aromatic N) is 1. The van der Waals surface area contributed by atoms with Gasteiger partial charge in [-0.15, -0.1) is 11.6 Å². The number of hydrogen-bond donors (Lipinski definition) is 0. The number of benzene rings is 1. The van der Waals surface area contributed by atoms with E-state index in [1.165, 1.54) is 23.2 Å². The highest BCUT2D eigenvalue weighted by Crippen LogP contribution is 2.25. The Labute approximate surface area is 111 Å². The number of aryl methyl sites for hydroxylation is 1. The van der Waals surface area contributed by atoms with E-state index in [1.54, 1.807) is 0 Å². The van der Waals surface area contributed by atoms with Crippen LogP contribution in [0.4, 0.5) is 5.69 Å². The molecule has 0 aliphatic rings. The van der Waals surface area contributed by atoms with E-state index in [-0.39, 0.29) is 0 Å². The molecule has 0 N–H and O–H groups in total. The minimum absolute atomic E-state index is 0.541. The van der Waals surface area contributed by atoms with Crippen molar-refractivity contribution in [3.63, 3.8) is 0 Å². The largest absolute Gasteiger partial charge is 0.372 e. The molecule has 1 aromatic rings. The molecule has 2 heteroatoms. The average molecular weight is 254 g/mol. The molecule has 0 saturated carbocycles. The minimum Gasteiger partial charge on any atom is -0.372 e. The van der Waals surface area contributed by atoms with Crippen LogP contribution in [0.15, 0.2) is 18.2 Å². The van der Waals surface area contributed by atoms with Crippen LogP contribution in [0.25, 0.3) is 0 Å². The van der Waals surface area contributed by atoms with Gasteiger partial charge >= 0.3 is 0 Å². The van der Waals surface area contributed by atoms with Crippen molar-refractivity contribution in [3.8, 4) is 0 Å². The maximum Gasteiger partial charge on any atom is 0.0494 e. The zero-order valence-corrected chi connectivity index (χ0v) is 12.4. The molecule has 0 fully saturated rings. The Morgan fingerprint density at radius 3 is 2.41 bits per heavy atom. The van der Waals surface area contributed by atoms with Crippen LogP contribution in [0.2, 0.25) is 0 Å². The average Bonchev–Trinajstić information content (AvgIpc) is 2.27. The molecule has 0 heterocycles. The van der Waals surface area contributed by atoms with E-state index in [4.69, 9.17) is 11.6 Å². The first kappa shape index (κ1) is 14.4. The number of halogens is 1. The predicted molar refractivity (Wildman–Crippen MR) is 78.1 cm³/mol. The van der Waals surface area contributed by atoms with E-state index in [1.807, 2.05) is 0 Å². The fourth-order valence-corrected chi connectivity index (χ4v) is 2.46. The van der Waals surface area contributed by atoms with Crippen LogP contribution in [-0.4, -0.2) is 13.1 Å². The van der Waals surface area contributed by atoms with Crippen LogP contribution in [0.5, 0.6) is 0 Å². The van der Waals surface area contributed by atoms with E-state index in [2.05, 4.69) is 57.8 Å². The summed E-state index contributed by atoms with van der Waals surface area (Å²) in [5.41, 5.74) is 3.76. The summed E-state index contributed by atoms with van der Waals surface area (Å²) in [4.78, 5) is 2.34. The van der Waals surface area contributed by atoms with Crippen LogP contribution in [0, 0.1) is 12.8 Å². The Kier molecular flexibility index (Phi) is 5.32. The van der Waals surface area contributed by atoms with Gasteiger partial charge in [-0.3, -0.25) is 0 Å². The van der Waals surface area contributed by atoms with Gasteiger partial charge in [0.2, 0.25) is 0 Å². The number of alkyl halides is 1. The van der Waals surface area contributed by atoms with Gasteiger partial charge in [0, 0.05) is 24.7 Å². The highest BCUT2D eigenvalue weighted by Gasteiger charge is 2.14. The monoisotopic (exact) mass is 253 g/mol. The van der Waals surface area contributed by atoms with Crippen LogP contribution >= 0.6 is 11.6 Å². The second-order valence-corrected chi connectivity index (χ2v) is 5.62. The van der Waals surface area contributed by atoms with Gasteiger partial charge in [0.1, 0.15) is 0 Å². The second kappa shape index (κ2) is 6.30. The van der Waals surface area contributed by atoms with Gasteiger partial charge in [0.15, 0.2) is 0 Å². The van der Waals surface area contributed by atoms with E-state index in [0.717, 1.165) is 5.92 Å². The van der Waals surface area contributed by atoms with Gasteiger partial charge in [0.25, 0.3) is 0 Å². The summed E-state index contributed by atoms with van der Waals surface area (Å²) in [6, 6.07) is 7.06. The Balaban J connectivity index is 2.91. The first-order valence-electron chi connectivity index (χ1n) is 6.34. The lowest BCUT2D eigenvalue weighted by molar-refractivity contribution is 0.503. The fourth-order valence-electron chi connectivity index (χ4n) is 2.24. The zero-order valence-electron chi connectivity index (χ0n) is 11.6. The first-order valence-corrected chi connectivity index (χ1v) is 6.87. The van der Waals surface area contributed by atoms with Crippen LogP contribution in [0.3, 0.4) is 0 Å². The molecule has 0 bridgehead atoms. The first-order chi connectivity index (χ1) is 7.95. The molecule has 1 nitrogen and oxygen atoms in total. The van der Waals surface area contributed by atoms with Gasteiger partial charge in [-0.2, -0.15) is 0 Å². The van der Waals surface area contributed by atoms with Crippen molar-refractivity contribution >= 4 is 17.3 Å². The highest BCUT2D eigenvalue weighted by atomic mass is 35.5. The van der Waals surface area contributed by atoms with Crippen molar-refractivity contribution in [2.24, 2.45) is 5.92 Å². The number of anilines is 1. The maximum absolute atomic E-state index is 6.03. The molecule has 1 atom stereocenters. The van der Waals surface area contributed by atoms with Crippen molar-refractivity contribution in [1.29, 1.82) is 0 Å². The van der Waals surface area contributed by atoms with Crippen molar-refractivity contribution in [2.45, 2.75) is 46.0 Å². The molecule has 0 aliphatic heterocycles. The predicted octanol–water partition coefficient (Wildman–Crippen LogP) is 4.60.